The molecule has 1 heterocycles. The van der Waals surface area contributed by atoms with E-state index < -0.39 is 9.52 Å². The summed E-state index contributed by atoms with van der Waals surface area (Å²) in [4.78, 5) is 4.37. The van der Waals surface area contributed by atoms with Crippen molar-refractivity contribution in [2.24, 2.45) is 0 Å². The molecule has 6 aromatic rings. The maximum Gasteiger partial charge on any atom is 0.118 e. The number of nitrogens with zero attached hydrogens (tertiary/aromatic N) is 2. The van der Waals surface area contributed by atoms with Gasteiger partial charge in [0.05, 0.1) is 28.1 Å². The highest BCUT2D eigenvalue weighted by atomic mass is 28.2. The summed E-state index contributed by atoms with van der Waals surface area (Å²) in [6.07, 6.45) is 5.89. The number of rotatable bonds is 8. The molecule has 0 saturated heterocycles. The first-order chi connectivity index (χ1) is 20.2. The first-order valence-corrected chi connectivity index (χ1v) is 15.4. The van der Waals surface area contributed by atoms with Crippen LogP contribution in [0.1, 0.15) is 28.1 Å². The summed E-state index contributed by atoms with van der Waals surface area (Å²) in [5.41, 5.74) is 5.32. The van der Waals surface area contributed by atoms with E-state index in [9.17, 15) is 0 Å². The fraction of sp³-hybridized carbons (Fsp3) is 0.0833. The number of hydrogen-bond donors (Lipinski definition) is 0. The molecule has 5 aromatic carbocycles. The van der Waals surface area contributed by atoms with E-state index in [1.807, 2.05) is 12.5 Å². The number of hydrogen-bond acceptors (Lipinski definition) is 2. The molecule has 0 atom stereocenters. The maximum absolute atomic E-state index is 5.34. The second-order valence-electron chi connectivity index (χ2n) is 10.1. The van der Waals surface area contributed by atoms with Crippen molar-refractivity contribution in [2.45, 2.75) is 11.0 Å². The summed E-state index contributed by atoms with van der Waals surface area (Å²) in [7, 11) is 3.12. The summed E-state index contributed by atoms with van der Waals surface area (Å²) in [5.74, 6) is 1.37. The SMILES string of the molecule is BC(c1ccccc1)c1ccccc1.COc1ccc([SiH2]C(c2ccccc2)(c2ccccc2)n2ccnc2)cc1. The van der Waals surface area contributed by atoms with Gasteiger partial charge in [0.25, 0.3) is 0 Å². The lowest BCUT2D eigenvalue weighted by molar-refractivity contribution is 0.415. The Kier molecular flexibility index (Phi) is 9.30. The van der Waals surface area contributed by atoms with E-state index in [4.69, 9.17) is 4.74 Å². The van der Waals surface area contributed by atoms with E-state index >= 15 is 0 Å². The first kappa shape index (κ1) is 27.9. The molecular weight excluding hydrogens is 515 g/mol. The molecule has 0 unspecified atom stereocenters. The van der Waals surface area contributed by atoms with Crippen LogP contribution in [-0.4, -0.2) is 34.0 Å². The third-order valence-corrected chi connectivity index (χ3v) is 10.2. The van der Waals surface area contributed by atoms with Crippen molar-refractivity contribution in [3.63, 3.8) is 0 Å². The Bertz CT molecular complexity index is 1500. The minimum atomic E-state index is -0.826. The normalized spacial score (nSPS) is 11.3. The van der Waals surface area contributed by atoms with Gasteiger partial charge in [-0.2, -0.15) is 0 Å². The molecule has 0 aliphatic rings. The Labute approximate surface area is 246 Å². The zero-order valence-electron chi connectivity index (χ0n) is 23.7. The van der Waals surface area contributed by atoms with Gasteiger partial charge in [-0.3, -0.25) is 0 Å². The van der Waals surface area contributed by atoms with Gasteiger partial charge < -0.3 is 9.30 Å². The number of benzene rings is 5. The molecule has 6 rings (SSSR count). The molecule has 0 fully saturated rings. The van der Waals surface area contributed by atoms with Crippen LogP contribution in [-0.2, 0) is 5.16 Å². The van der Waals surface area contributed by atoms with Gasteiger partial charge in [0, 0.05) is 12.4 Å². The highest BCUT2D eigenvalue weighted by molar-refractivity contribution is 6.57. The summed E-state index contributed by atoms with van der Waals surface area (Å²) < 4.78 is 7.61. The number of ether oxygens (including phenoxy) is 1. The van der Waals surface area contributed by atoms with Gasteiger partial charge in [0.1, 0.15) is 13.6 Å². The molecule has 202 valence electrons. The van der Waals surface area contributed by atoms with E-state index in [-0.39, 0.29) is 5.16 Å². The lowest BCUT2D eigenvalue weighted by atomic mass is 9.76. The molecular formula is C36H35BN2OSi. The quantitative estimate of drug-likeness (QED) is 0.233. The second-order valence-corrected chi connectivity index (χ2v) is 12.3. The maximum atomic E-state index is 5.34. The van der Waals surface area contributed by atoms with Crippen molar-refractivity contribution in [3.8, 4) is 5.75 Å². The van der Waals surface area contributed by atoms with Crippen LogP contribution < -0.4 is 9.92 Å². The van der Waals surface area contributed by atoms with Gasteiger partial charge >= 0.3 is 0 Å². The van der Waals surface area contributed by atoms with Crippen LogP contribution in [0.2, 0.25) is 0 Å². The van der Waals surface area contributed by atoms with Crippen LogP contribution in [0.25, 0.3) is 0 Å². The summed E-state index contributed by atoms with van der Waals surface area (Å²) in [6, 6.07) is 51.2. The minimum Gasteiger partial charge on any atom is -0.497 e. The van der Waals surface area contributed by atoms with Crippen LogP contribution in [0.15, 0.2) is 164 Å². The van der Waals surface area contributed by atoms with E-state index in [1.165, 1.54) is 27.4 Å². The molecule has 41 heavy (non-hydrogen) atoms. The second kappa shape index (κ2) is 13.6. The molecule has 0 amide bonds. The van der Waals surface area contributed by atoms with Gasteiger partial charge in [-0.25, -0.2) is 4.98 Å². The van der Waals surface area contributed by atoms with Gasteiger partial charge in [-0.15, -0.1) is 0 Å². The predicted molar refractivity (Wildman–Crippen MR) is 176 cm³/mol. The average Bonchev–Trinajstić information content (AvgIpc) is 3.61. The monoisotopic (exact) mass is 550 g/mol. The fourth-order valence-electron chi connectivity index (χ4n) is 5.39. The third-order valence-electron chi connectivity index (χ3n) is 7.67. The van der Waals surface area contributed by atoms with Gasteiger partial charge in [-0.05, 0) is 40.2 Å². The topological polar surface area (TPSA) is 27.1 Å². The van der Waals surface area contributed by atoms with Crippen LogP contribution >= 0.6 is 0 Å². The largest absolute Gasteiger partial charge is 0.497 e. The smallest absolute Gasteiger partial charge is 0.118 e. The zero-order chi connectivity index (χ0) is 28.3. The van der Waals surface area contributed by atoms with Crippen molar-refractivity contribution in [3.05, 3.63) is 187 Å². The van der Waals surface area contributed by atoms with Crippen molar-refractivity contribution in [1.82, 2.24) is 9.55 Å². The molecule has 0 N–H and O–H groups in total. The van der Waals surface area contributed by atoms with Crippen molar-refractivity contribution >= 4 is 22.6 Å². The standard InChI is InChI=1S/C23H22N2OSi.C13H13B/c1-26-21-12-14-22(15-13-21)27-23(25-17-16-24-18-25,19-8-4-2-5-9-19)20-10-6-3-7-11-20;14-13(11-7-3-1-4-8-11)12-9-5-2-6-10-12/h2-18H,27H2,1H3;1-10,13H,14H2. The first-order valence-electron chi connectivity index (χ1n) is 14.0. The fourth-order valence-corrected chi connectivity index (χ4v) is 7.70. The summed E-state index contributed by atoms with van der Waals surface area (Å²) in [6.45, 7) is 0. The van der Waals surface area contributed by atoms with Gasteiger partial charge in [-0.1, -0.05) is 139 Å². The van der Waals surface area contributed by atoms with Crippen LogP contribution in [0.3, 0.4) is 0 Å². The highest BCUT2D eigenvalue weighted by Gasteiger charge is 2.36. The number of aromatic nitrogens is 2. The van der Waals surface area contributed by atoms with E-state index in [0.717, 1.165) is 5.75 Å². The van der Waals surface area contributed by atoms with Crippen molar-refractivity contribution in [1.29, 1.82) is 0 Å². The molecule has 0 aliphatic heterocycles. The Morgan fingerprint density at radius 1 is 0.659 bits per heavy atom. The van der Waals surface area contributed by atoms with Crippen LogP contribution in [0.4, 0.5) is 0 Å². The van der Waals surface area contributed by atoms with Gasteiger partial charge in [0.2, 0.25) is 0 Å². The lowest BCUT2D eigenvalue weighted by Crippen LogP contribution is -2.46. The zero-order valence-corrected chi connectivity index (χ0v) is 25.1. The third kappa shape index (κ3) is 6.59. The van der Waals surface area contributed by atoms with Crippen molar-refractivity contribution < 1.29 is 4.74 Å². The molecule has 5 heteroatoms. The Morgan fingerprint density at radius 3 is 1.54 bits per heavy atom. The van der Waals surface area contributed by atoms with Gasteiger partial charge in [0.15, 0.2) is 0 Å². The van der Waals surface area contributed by atoms with E-state index in [2.05, 4.69) is 169 Å². The Balaban J connectivity index is 0.000000202. The molecule has 0 aliphatic carbocycles. The molecule has 0 radical (unpaired) electrons. The molecule has 0 saturated carbocycles. The summed E-state index contributed by atoms with van der Waals surface area (Å²) in [5, 5.41) is 1.13. The van der Waals surface area contributed by atoms with Crippen LogP contribution in [0.5, 0.6) is 5.75 Å². The molecule has 0 spiro atoms. The number of methoxy groups -OCH3 is 1. The van der Waals surface area contributed by atoms with Crippen LogP contribution in [0, 0.1) is 0 Å². The minimum absolute atomic E-state index is 0.242. The van der Waals surface area contributed by atoms with E-state index in [1.54, 1.807) is 7.11 Å². The Morgan fingerprint density at radius 2 is 1.12 bits per heavy atom. The average molecular weight is 551 g/mol. The molecule has 3 nitrogen and oxygen atoms in total. The summed E-state index contributed by atoms with van der Waals surface area (Å²) >= 11 is 0. The molecule has 1 aromatic heterocycles. The number of imidazole rings is 1. The lowest BCUT2D eigenvalue weighted by Gasteiger charge is -2.37. The van der Waals surface area contributed by atoms with Crippen molar-refractivity contribution in [2.75, 3.05) is 7.11 Å². The molecule has 0 bridgehead atoms. The Hall–Kier alpha value is -4.61. The van der Waals surface area contributed by atoms with E-state index in [0.29, 0.717) is 5.82 Å². The predicted octanol–water partition coefficient (Wildman–Crippen LogP) is 5.54. The highest BCUT2D eigenvalue weighted by Crippen LogP contribution is 2.33.